The van der Waals surface area contributed by atoms with Crippen molar-refractivity contribution in [1.29, 1.82) is 0 Å². The van der Waals surface area contributed by atoms with Crippen LogP contribution in [-0.2, 0) is 59.2 Å². The average molecular weight is 1160 g/mol. The molecule has 0 radical (unpaired) electrons. The fourth-order valence-corrected chi connectivity index (χ4v) is 9.51. The SMILES string of the molecule is CC(C)C[C@H](NC[C@H](Cc1ccccc1)NC(=O)[C@H](CC(N)=O)NC(=O)CNC(=O)[C@@H]1CCCN1C(=O)[C@@H](N)CCCNC(N)N)C(=O)N[C@@H](CCC(N)=O)C(=O)N[C@@H](CO)C(=O)N[C@@H](CCCNC(N)N)C(=O)N1CCC[C@H]1C(N)=O. The smallest absolute Gasteiger partial charge is 0.245 e. The summed E-state index contributed by atoms with van der Waals surface area (Å²) in [5, 5.41) is 34.5. The molecule has 2 saturated heterocycles. The van der Waals surface area contributed by atoms with Crippen molar-refractivity contribution in [1.82, 2.24) is 57.7 Å². The molecule has 1 aromatic rings. The molecule has 0 aromatic heterocycles. The molecule has 2 fully saturated rings. The summed E-state index contributed by atoms with van der Waals surface area (Å²) in [4.78, 5) is 149. The van der Waals surface area contributed by atoms with Gasteiger partial charge >= 0.3 is 0 Å². The topological polar surface area (TPSA) is 531 Å². The number of nitrogens with one attached hydrogen (secondary N) is 9. The molecule has 0 bridgehead atoms. The maximum atomic E-state index is 14.3. The second kappa shape index (κ2) is 35.8. The summed E-state index contributed by atoms with van der Waals surface area (Å²) in [5.74, 6) is -8.72. The molecule has 11 amide bonds. The van der Waals surface area contributed by atoms with E-state index in [1.807, 2.05) is 13.8 Å². The molecule has 31 heteroatoms. The average Bonchev–Trinajstić information content (AvgIpc) is 4.15. The summed E-state index contributed by atoms with van der Waals surface area (Å²) >= 11 is 0. The molecule has 31 nitrogen and oxygen atoms in total. The first-order valence-electron chi connectivity index (χ1n) is 27.7. The van der Waals surface area contributed by atoms with E-state index in [1.54, 1.807) is 30.3 Å². The Morgan fingerprint density at radius 3 is 1.73 bits per heavy atom. The number of nitrogens with zero attached hydrogens (tertiary/aromatic N) is 2. The zero-order valence-electron chi connectivity index (χ0n) is 46.9. The third-order valence-corrected chi connectivity index (χ3v) is 13.7. The largest absolute Gasteiger partial charge is 0.394 e. The molecule has 0 aliphatic carbocycles. The van der Waals surface area contributed by atoms with E-state index >= 15 is 0 Å². The van der Waals surface area contributed by atoms with Crippen LogP contribution in [0.5, 0.6) is 0 Å². The molecular weight excluding hydrogens is 1070 g/mol. The third kappa shape index (κ3) is 24.6. The van der Waals surface area contributed by atoms with Crippen LogP contribution in [0.3, 0.4) is 0 Å². The normalized spacial score (nSPS) is 17.7. The Morgan fingerprint density at radius 2 is 1.16 bits per heavy atom. The first-order chi connectivity index (χ1) is 38.8. The fourth-order valence-electron chi connectivity index (χ4n) is 9.51. The highest BCUT2D eigenvalue weighted by atomic mass is 16.3. The minimum atomic E-state index is -1.68. The van der Waals surface area contributed by atoms with Crippen LogP contribution in [0, 0.1) is 5.92 Å². The standard InChI is InChI=1S/C51H89N19O12/c1-28(2)22-34(44(77)66-32(16-17-39(53)72)43(76)68-36(27-71)46(79)67-33(13-7-19-61-51(58)59)49(82)69-20-8-14-37(69)42(55)75)62-25-30(23-29-10-4-3-5-11-29)64-45(78)35(24-40(54)73)65-41(74)26-63-47(80)38-15-9-21-70(38)48(81)31(52)12-6-18-60-50(56)57/h3-5,10-11,28,30-38,50-51,60-62,71H,6-9,12-27,52,56-59H2,1-2H3,(H2,53,72)(H2,54,73)(H2,55,75)(H,63,80)(H,64,78)(H,65,74)(H,66,77)(H,67,79)(H,68,76)/t30-,31-,32-,33-,34-,35-,36-,37-,38-/m0/s1. The lowest BCUT2D eigenvalue weighted by atomic mass is 10.0. The molecule has 82 heavy (non-hydrogen) atoms. The minimum Gasteiger partial charge on any atom is -0.394 e. The van der Waals surface area contributed by atoms with Gasteiger partial charge < -0.3 is 98.0 Å². The first kappa shape index (κ1) is 69.3. The second-order valence-corrected chi connectivity index (χ2v) is 21.0. The van der Waals surface area contributed by atoms with Crippen LogP contribution in [0.25, 0.3) is 0 Å². The molecule has 0 saturated carbocycles. The minimum absolute atomic E-state index is 0.0249. The van der Waals surface area contributed by atoms with Crippen LogP contribution in [0.15, 0.2) is 30.3 Å². The van der Waals surface area contributed by atoms with Gasteiger partial charge in [0.05, 0.1) is 31.7 Å². The van der Waals surface area contributed by atoms with Gasteiger partial charge in [-0.3, -0.25) is 63.4 Å². The van der Waals surface area contributed by atoms with Crippen LogP contribution < -0.4 is 93.7 Å². The quantitative estimate of drug-likeness (QED) is 0.0216. The van der Waals surface area contributed by atoms with Gasteiger partial charge in [0.2, 0.25) is 65.0 Å². The monoisotopic (exact) mass is 1160 g/mol. The molecule has 1 aromatic carbocycles. The molecule has 460 valence electrons. The van der Waals surface area contributed by atoms with Gasteiger partial charge in [0.25, 0.3) is 0 Å². The van der Waals surface area contributed by atoms with Gasteiger partial charge in [-0.1, -0.05) is 44.2 Å². The van der Waals surface area contributed by atoms with Crippen molar-refractivity contribution in [3.63, 3.8) is 0 Å². The maximum Gasteiger partial charge on any atom is 0.245 e. The Kier molecular flexibility index (Phi) is 30.2. The van der Waals surface area contributed by atoms with E-state index in [0.717, 1.165) is 5.56 Å². The molecular formula is C51H89N19O12. The highest BCUT2D eigenvalue weighted by Crippen LogP contribution is 2.21. The number of aliphatic hydroxyl groups is 1. The maximum absolute atomic E-state index is 14.3. The summed E-state index contributed by atoms with van der Waals surface area (Å²) in [6.45, 7) is 3.07. The number of hydrogen-bond acceptors (Lipinski definition) is 20. The van der Waals surface area contributed by atoms with Crippen LogP contribution in [-0.4, -0.2) is 193 Å². The number of amides is 11. The van der Waals surface area contributed by atoms with Crippen molar-refractivity contribution in [2.45, 2.75) is 164 Å². The van der Waals surface area contributed by atoms with Gasteiger partial charge in [-0.25, -0.2) is 0 Å². The molecule has 0 spiro atoms. The highest BCUT2D eigenvalue weighted by Gasteiger charge is 2.39. The zero-order valence-corrected chi connectivity index (χ0v) is 46.9. The third-order valence-electron chi connectivity index (χ3n) is 13.7. The summed E-state index contributed by atoms with van der Waals surface area (Å²) in [5.41, 5.74) is 45.6. The molecule has 2 heterocycles. The lowest BCUT2D eigenvalue weighted by Gasteiger charge is -2.29. The van der Waals surface area contributed by atoms with Crippen LogP contribution in [0.2, 0.25) is 0 Å². The molecule has 2 aliphatic heterocycles. The highest BCUT2D eigenvalue weighted by molar-refractivity contribution is 5.97. The van der Waals surface area contributed by atoms with Gasteiger partial charge in [0, 0.05) is 32.1 Å². The van der Waals surface area contributed by atoms with Gasteiger partial charge in [0.1, 0.15) is 48.8 Å². The Bertz CT molecular complexity index is 2300. The number of rotatable bonds is 38. The zero-order chi connectivity index (χ0) is 61.1. The molecule has 3 rings (SSSR count). The number of hydrogen-bond donors (Lipinski definition) is 18. The van der Waals surface area contributed by atoms with Crippen molar-refractivity contribution in [3.05, 3.63) is 35.9 Å². The van der Waals surface area contributed by atoms with E-state index in [9.17, 15) is 57.8 Å². The second-order valence-electron chi connectivity index (χ2n) is 21.0. The van der Waals surface area contributed by atoms with Crippen LogP contribution in [0.1, 0.15) is 96.5 Å². The van der Waals surface area contributed by atoms with Crippen LogP contribution >= 0.6 is 0 Å². The Labute approximate surface area is 477 Å². The first-order valence-corrected chi connectivity index (χ1v) is 27.7. The van der Waals surface area contributed by atoms with Gasteiger partial charge in [-0.15, -0.1) is 0 Å². The number of benzene rings is 1. The number of likely N-dealkylation sites (tertiary alicyclic amines) is 2. The van der Waals surface area contributed by atoms with Crippen molar-refractivity contribution in [2.24, 2.45) is 51.8 Å². The predicted octanol–water partition coefficient (Wildman–Crippen LogP) is -8.16. The Morgan fingerprint density at radius 1 is 0.610 bits per heavy atom. The van der Waals surface area contributed by atoms with E-state index < -0.39 is 158 Å². The lowest BCUT2D eigenvalue weighted by Crippen LogP contribution is -2.60. The fraction of sp³-hybridized carbons (Fsp3) is 0.667. The molecule has 26 N–H and O–H groups in total. The molecule has 9 atom stereocenters. The van der Waals surface area contributed by atoms with E-state index in [1.165, 1.54) is 9.80 Å². The summed E-state index contributed by atoms with van der Waals surface area (Å²) < 4.78 is 0. The summed E-state index contributed by atoms with van der Waals surface area (Å²) in [6.07, 6.45) is 0.0669. The number of nitrogens with two attached hydrogens (primary N) is 8. The number of carbonyl (C=O) groups excluding carboxylic acids is 11. The lowest BCUT2D eigenvalue weighted by molar-refractivity contribution is -0.141. The Balaban J connectivity index is 1.76. The van der Waals surface area contributed by atoms with Gasteiger partial charge in [0.15, 0.2) is 0 Å². The number of primary amides is 3. The number of aliphatic hydroxyl groups excluding tert-OH is 1. The van der Waals surface area contributed by atoms with Gasteiger partial charge in [-0.05, 0) is 95.2 Å². The van der Waals surface area contributed by atoms with Crippen LogP contribution in [0.4, 0.5) is 0 Å². The van der Waals surface area contributed by atoms with Crippen molar-refractivity contribution >= 4 is 65.0 Å². The summed E-state index contributed by atoms with van der Waals surface area (Å²) in [6, 6.07) is -1.71. The van der Waals surface area contributed by atoms with Crippen molar-refractivity contribution < 1.29 is 57.8 Å². The van der Waals surface area contributed by atoms with E-state index in [0.29, 0.717) is 45.1 Å². The molecule has 2 aliphatic rings. The van der Waals surface area contributed by atoms with Crippen molar-refractivity contribution in [3.8, 4) is 0 Å². The number of carbonyl (C=O) groups is 11. The predicted molar refractivity (Wildman–Crippen MR) is 299 cm³/mol. The summed E-state index contributed by atoms with van der Waals surface area (Å²) in [7, 11) is 0. The van der Waals surface area contributed by atoms with Gasteiger partial charge in [-0.2, -0.15) is 0 Å². The molecule has 0 unspecified atom stereocenters. The van der Waals surface area contributed by atoms with E-state index in [2.05, 4.69) is 47.9 Å². The Hall–Kier alpha value is -6.97. The van der Waals surface area contributed by atoms with E-state index in [-0.39, 0.29) is 64.2 Å². The van der Waals surface area contributed by atoms with Crippen molar-refractivity contribution in [2.75, 3.05) is 45.9 Å². The van der Waals surface area contributed by atoms with E-state index in [4.69, 9.17) is 45.9 Å².